The first-order valence-electron chi connectivity index (χ1n) is 3.93. The molecule has 1 nitrogen and oxygen atoms in total. The van der Waals surface area contributed by atoms with Gasteiger partial charge in [0.05, 0.1) is 0 Å². The molecule has 0 unspecified atom stereocenters. The summed E-state index contributed by atoms with van der Waals surface area (Å²) >= 11 is 11.4. The fraction of sp³-hybridized carbons (Fsp3) is 0.444. The van der Waals surface area contributed by atoms with Crippen LogP contribution in [0.2, 0.25) is 0 Å². The number of aliphatic imine (C=N–C) groups is 1. The van der Waals surface area contributed by atoms with E-state index >= 15 is 0 Å². The molecule has 0 aromatic carbocycles. The molecule has 0 aliphatic rings. The summed E-state index contributed by atoms with van der Waals surface area (Å²) in [6.45, 7) is 3.96. The quantitative estimate of drug-likeness (QED) is 0.485. The van der Waals surface area contributed by atoms with Crippen LogP contribution in [0, 0.1) is 0 Å². The van der Waals surface area contributed by atoms with Crippen molar-refractivity contribution in [3.63, 3.8) is 0 Å². The van der Waals surface area contributed by atoms with Crippen molar-refractivity contribution in [2.45, 2.75) is 26.7 Å². The van der Waals surface area contributed by atoms with Crippen molar-refractivity contribution in [3.8, 4) is 0 Å². The molecule has 0 saturated carbocycles. The number of rotatable bonds is 4. The third kappa shape index (κ3) is 6.44. The maximum atomic E-state index is 5.75. The van der Waals surface area contributed by atoms with Crippen LogP contribution in [-0.4, -0.2) is 5.17 Å². The minimum absolute atomic E-state index is 0.412. The van der Waals surface area contributed by atoms with Crippen molar-refractivity contribution in [3.05, 3.63) is 23.4 Å². The van der Waals surface area contributed by atoms with Crippen LogP contribution in [0.4, 0.5) is 0 Å². The Morgan fingerprint density at radius 1 is 1.42 bits per heavy atom. The van der Waals surface area contributed by atoms with Crippen molar-refractivity contribution in [2.75, 3.05) is 0 Å². The van der Waals surface area contributed by atoms with E-state index < -0.39 is 0 Å². The first-order chi connectivity index (χ1) is 5.70. The number of hydrogen-bond donors (Lipinski definition) is 0. The van der Waals surface area contributed by atoms with E-state index in [-0.39, 0.29) is 0 Å². The Kier molecular flexibility index (Phi) is 7.22. The van der Waals surface area contributed by atoms with Crippen molar-refractivity contribution >= 4 is 28.4 Å². The average molecular weight is 206 g/mol. The monoisotopic (exact) mass is 205 g/mol. The van der Waals surface area contributed by atoms with E-state index in [2.05, 4.69) is 11.9 Å². The predicted molar refractivity (Wildman–Crippen MR) is 56.9 cm³/mol. The summed E-state index contributed by atoms with van der Waals surface area (Å²) in [6, 6.07) is 0. The van der Waals surface area contributed by atoms with Crippen LogP contribution in [-0.2, 0) is 0 Å². The van der Waals surface area contributed by atoms with E-state index in [1.807, 2.05) is 19.1 Å². The van der Waals surface area contributed by atoms with Crippen molar-refractivity contribution in [1.82, 2.24) is 0 Å². The lowest BCUT2D eigenvalue weighted by atomic mass is 10.3. The van der Waals surface area contributed by atoms with E-state index in [0.29, 0.717) is 10.3 Å². The van der Waals surface area contributed by atoms with Crippen molar-refractivity contribution in [1.29, 1.82) is 0 Å². The molecule has 0 bridgehead atoms. The van der Waals surface area contributed by atoms with Crippen LogP contribution in [0.3, 0.4) is 0 Å². The summed E-state index contributed by atoms with van der Waals surface area (Å²) in [5.74, 6) is 0. The molecule has 0 aliphatic heterocycles. The molecule has 0 aromatic heterocycles. The van der Waals surface area contributed by atoms with E-state index in [9.17, 15) is 0 Å². The van der Waals surface area contributed by atoms with E-state index in [1.54, 1.807) is 6.08 Å². The van der Waals surface area contributed by atoms with E-state index in [0.717, 1.165) is 12.8 Å². The van der Waals surface area contributed by atoms with Crippen LogP contribution < -0.4 is 0 Å². The maximum Gasteiger partial charge on any atom is 0.130 e. The Bertz CT molecular complexity index is 205. The Morgan fingerprint density at radius 3 is 2.58 bits per heavy atom. The summed E-state index contributed by atoms with van der Waals surface area (Å²) in [5.41, 5.74) is 0. The van der Waals surface area contributed by atoms with Gasteiger partial charge in [-0.2, -0.15) is 0 Å². The third-order valence-electron chi connectivity index (χ3n) is 1.12. The first-order valence-corrected chi connectivity index (χ1v) is 4.68. The molecular weight excluding hydrogens is 193 g/mol. The molecule has 0 radical (unpaired) electrons. The summed E-state index contributed by atoms with van der Waals surface area (Å²) in [4.78, 5) is 3.93. The highest BCUT2D eigenvalue weighted by Gasteiger charge is 1.89. The minimum atomic E-state index is 0.412. The fourth-order valence-electron chi connectivity index (χ4n) is 0.586. The van der Waals surface area contributed by atoms with Crippen LogP contribution in [0.15, 0.2) is 28.4 Å². The van der Waals surface area contributed by atoms with Crippen molar-refractivity contribution < 1.29 is 0 Å². The highest BCUT2D eigenvalue weighted by Crippen LogP contribution is 2.07. The maximum absolute atomic E-state index is 5.75. The van der Waals surface area contributed by atoms with Crippen LogP contribution in [0.25, 0.3) is 0 Å². The van der Waals surface area contributed by atoms with Crippen LogP contribution >= 0.6 is 23.2 Å². The SMILES string of the molecule is C\C=C/C(Cl)=N\C(Cl)=C\CCC. The third-order valence-corrected chi connectivity index (χ3v) is 1.57. The van der Waals surface area contributed by atoms with Gasteiger partial charge in [0.25, 0.3) is 0 Å². The van der Waals surface area contributed by atoms with Gasteiger partial charge in [-0.3, -0.25) is 0 Å². The largest absolute Gasteiger partial charge is 0.225 e. The summed E-state index contributed by atoms with van der Waals surface area (Å²) in [6.07, 6.45) is 7.36. The van der Waals surface area contributed by atoms with Gasteiger partial charge in [-0.1, -0.05) is 42.6 Å². The minimum Gasteiger partial charge on any atom is -0.225 e. The highest BCUT2D eigenvalue weighted by molar-refractivity contribution is 6.68. The molecule has 0 aliphatic carbocycles. The van der Waals surface area contributed by atoms with Gasteiger partial charge in [0.2, 0.25) is 0 Å². The second-order valence-electron chi connectivity index (χ2n) is 2.25. The zero-order chi connectivity index (χ0) is 9.40. The molecule has 0 spiro atoms. The van der Waals surface area contributed by atoms with Crippen molar-refractivity contribution in [2.24, 2.45) is 4.99 Å². The Morgan fingerprint density at radius 2 is 2.08 bits per heavy atom. The zero-order valence-corrected chi connectivity index (χ0v) is 8.86. The normalized spacial score (nSPS) is 14.3. The standard InChI is InChI=1S/C9H13Cl2N/c1-3-5-7-9(11)12-8(10)6-4-2/h4,6-7H,3,5H2,1-2H3/b6-4-,9-7+,12-8+. The van der Waals surface area contributed by atoms with Gasteiger partial charge in [0.1, 0.15) is 10.3 Å². The Hall–Kier alpha value is -0.270. The molecule has 0 atom stereocenters. The molecule has 12 heavy (non-hydrogen) atoms. The number of unbranched alkanes of at least 4 members (excludes halogenated alkanes) is 1. The lowest BCUT2D eigenvalue weighted by molar-refractivity contribution is 0.954. The predicted octanol–water partition coefficient (Wildman–Crippen LogP) is 4.08. The van der Waals surface area contributed by atoms with Gasteiger partial charge < -0.3 is 0 Å². The molecule has 0 fully saturated rings. The molecule has 0 heterocycles. The topological polar surface area (TPSA) is 12.4 Å². The Labute approximate surface area is 83.8 Å². The molecule has 68 valence electrons. The molecule has 0 amide bonds. The van der Waals surface area contributed by atoms with Gasteiger partial charge in [0, 0.05) is 0 Å². The van der Waals surface area contributed by atoms with Gasteiger partial charge in [-0.15, -0.1) is 0 Å². The summed E-state index contributed by atoms with van der Waals surface area (Å²) < 4.78 is 0. The summed E-state index contributed by atoms with van der Waals surface area (Å²) in [5, 5.41) is 0.870. The lowest BCUT2D eigenvalue weighted by Gasteiger charge is -1.90. The van der Waals surface area contributed by atoms with Crippen LogP contribution in [0.5, 0.6) is 0 Å². The van der Waals surface area contributed by atoms with Crippen LogP contribution in [0.1, 0.15) is 26.7 Å². The number of nitrogens with zero attached hydrogens (tertiary/aromatic N) is 1. The molecule has 3 heteroatoms. The summed E-state index contributed by atoms with van der Waals surface area (Å²) in [7, 11) is 0. The lowest BCUT2D eigenvalue weighted by Crippen LogP contribution is -1.78. The zero-order valence-electron chi connectivity index (χ0n) is 7.35. The molecule has 0 N–H and O–H groups in total. The fourth-order valence-corrected chi connectivity index (χ4v) is 1.05. The average Bonchev–Trinajstić information content (AvgIpc) is 2.01. The Balaban J connectivity index is 4.12. The first kappa shape index (κ1) is 11.7. The molecule has 0 saturated heterocycles. The molecule has 0 aromatic rings. The smallest absolute Gasteiger partial charge is 0.130 e. The molecular formula is C9H13Cl2N. The van der Waals surface area contributed by atoms with E-state index in [1.165, 1.54) is 0 Å². The number of halogens is 2. The highest BCUT2D eigenvalue weighted by atomic mass is 35.5. The number of hydrogen-bond acceptors (Lipinski definition) is 1. The van der Waals surface area contributed by atoms with Gasteiger partial charge in [0.15, 0.2) is 0 Å². The van der Waals surface area contributed by atoms with Gasteiger partial charge >= 0.3 is 0 Å². The van der Waals surface area contributed by atoms with E-state index in [4.69, 9.17) is 23.2 Å². The van der Waals surface area contributed by atoms with Gasteiger partial charge in [-0.05, 0) is 25.5 Å². The number of allylic oxidation sites excluding steroid dienone is 3. The molecule has 0 rings (SSSR count). The van der Waals surface area contributed by atoms with Gasteiger partial charge in [-0.25, -0.2) is 4.99 Å². The second-order valence-corrected chi connectivity index (χ2v) is 3.02. The second kappa shape index (κ2) is 7.38.